The first-order valence-electron chi connectivity index (χ1n) is 9.30. The molecule has 2 aliphatic rings. The minimum absolute atomic E-state index is 0.0656. The second-order valence-corrected chi connectivity index (χ2v) is 6.82. The third-order valence-electron chi connectivity index (χ3n) is 4.79. The van der Waals surface area contributed by atoms with Crippen molar-refractivity contribution in [2.75, 3.05) is 13.3 Å². The van der Waals surface area contributed by atoms with Gasteiger partial charge in [0.15, 0.2) is 17.4 Å². The number of nitrogens with one attached hydrogen (secondary N) is 1. The van der Waals surface area contributed by atoms with Gasteiger partial charge in [0, 0.05) is 12.8 Å². The van der Waals surface area contributed by atoms with Crippen molar-refractivity contribution >= 4 is 24.1 Å². The van der Waals surface area contributed by atoms with Crippen molar-refractivity contribution in [2.24, 2.45) is 10.9 Å². The number of hydrogen-bond donors (Lipinski definition) is 1. The molecule has 2 aliphatic heterocycles. The van der Waals surface area contributed by atoms with Crippen molar-refractivity contribution in [2.45, 2.75) is 13.0 Å². The zero-order chi connectivity index (χ0) is 21.1. The van der Waals surface area contributed by atoms with Crippen LogP contribution in [0.1, 0.15) is 11.1 Å². The molecule has 2 heterocycles. The summed E-state index contributed by atoms with van der Waals surface area (Å²) in [5.41, 5.74) is 1.59. The normalized spacial score (nSPS) is 18.2. The summed E-state index contributed by atoms with van der Waals surface area (Å²) in [6.07, 6.45) is 1.59. The highest BCUT2D eigenvalue weighted by Gasteiger charge is 2.39. The number of halogens is 1. The van der Waals surface area contributed by atoms with Gasteiger partial charge in [-0.25, -0.2) is 9.18 Å². The molecule has 0 bridgehead atoms. The predicted molar refractivity (Wildman–Crippen MR) is 104 cm³/mol. The molecule has 30 heavy (non-hydrogen) atoms. The standard InChI is InChI=1S/C21H18FN3O5/c22-15-4-1-13(2-5-15)7-8-25-20(27)16(19(26)24-21(25)28)11-23-10-14-3-6-17-18(9-14)30-12-29-17/h1-6,9,11,16H,7-8,10,12H2,(H,24,26,28)/t16-/m0/s1. The molecule has 1 atom stereocenters. The zero-order valence-electron chi connectivity index (χ0n) is 15.8. The molecule has 4 rings (SSSR count). The van der Waals surface area contributed by atoms with Gasteiger partial charge in [-0.15, -0.1) is 0 Å². The van der Waals surface area contributed by atoms with Gasteiger partial charge in [0.1, 0.15) is 5.82 Å². The van der Waals surface area contributed by atoms with E-state index in [4.69, 9.17) is 9.47 Å². The first kappa shape index (κ1) is 19.6. The van der Waals surface area contributed by atoms with Crippen LogP contribution in [0.3, 0.4) is 0 Å². The van der Waals surface area contributed by atoms with Gasteiger partial charge in [-0.05, 0) is 41.8 Å². The summed E-state index contributed by atoms with van der Waals surface area (Å²) in [6, 6.07) is 10.4. The second kappa shape index (κ2) is 8.32. The molecule has 2 aromatic rings. The smallest absolute Gasteiger partial charge is 0.330 e. The summed E-state index contributed by atoms with van der Waals surface area (Å²) in [5, 5.41) is 2.18. The molecule has 9 heteroatoms. The number of hydrogen-bond acceptors (Lipinski definition) is 6. The number of benzene rings is 2. The number of barbiturate groups is 1. The summed E-state index contributed by atoms with van der Waals surface area (Å²) < 4.78 is 23.6. The van der Waals surface area contributed by atoms with Gasteiger partial charge < -0.3 is 9.47 Å². The molecular formula is C21H18FN3O5. The molecule has 1 fully saturated rings. The molecule has 4 amide bonds. The number of rotatable bonds is 6. The fraction of sp³-hybridized carbons (Fsp3) is 0.238. The maximum Gasteiger partial charge on any atom is 0.330 e. The van der Waals surface area contributed by atoms with Crippen LogP contribution in [0.4, 0.5) is 9.18 Å². The maximum atomic E-state index is 13.0. The third kappa shape index (κ3) is 4.14. The van der Waals surface area contributed by atoms with Gasteiger partial charge in [0.25, 0.3) is 0 Å². The first-order chi connectivity index (χ1) is 14.5. The zero-order valence-corrected chi connectivity index (χ0v) is 15.8. The highest BCUT2D eigenvalue weighted by molar-refractivity contribution is 6.23. The number of carbonyl (C=O) groups excluding carboxylic acids is 3. The minimum Gasteiger partial charge on any atom is -0.454 e. The maximum absolute atomic E-state index is 13.0. The Morgan fingerprint density at radius 2 is 1.80 bits per heavy atom. The van der Waals surface area contributed by atoms with E-state index < -0.39 is 23.8 Å². The molecule has 154 valence electrons. The van der Waals surface area contributed by atoms with Gasteiger partial charge in [0.05, 0.1) is 6.54 Å². The Labute approximate surface area is 171 Å². The summed E-state index contributed by atoms with van der Waals surface area (Å²) in [5.74, 6) is -1.64. The van der Waals surface area contributed by atoms with Gasteiger partial charge in [-0.2, -0.15) is 0 Å². The molecule has 0 aliphatic carbocycles. The summed E-state index contributed by atoms with van der Waals surface area (Å²) in [6.45, 7) is 0.466. The molecule has 0 unspecified atom stereocenters. The highest BCUT2D eigenvalue weighted by Crippen LogP contribution is 2.32. The molecule has 1 saturated heterocycles. The van der Waals surface area contributed by atoms with Crippen molar-refractivity contribution in [1.29, 1.82) is 0 Å². The summed E-state index contributed by atoms with van der Waals surface area (Å²) >= 11 is 0. The quantitative estimate of drug-likeness (QED) is 0.580. The number of carbonyl (C=O) groups is 3. The molecule has 2 aromatic carbocycles. The number of imide groups is 2. The predicted octanol–water partition coefficient (Wildman–Crippen LogP) is 2.06. The Balaban J connectivity index is 1.40. The van der Waals surface area contributed by atoms with Gasteiger partial charge >= 0.3 is 6.03 Å². The van der Waals surface area contributed by atoms with Crippen molar-refractivity contribution in [3.05, 3.63) is 59.4 Å². The number of amides is 4. The Hall–Kier alpha value is -3.75. The van der Waals surface area contributed by atoms with Crippen LogP contribution in [0.25, 0.3) is 0 Å². The second-order valence-electron chi connectivity index (χ2n) is 6.82. The molecular weight excluding hydrogens is 393 g/mol. The van der Waals surface area contributed by atoms with Gasteiger partial charge in [-0.1, -0.05) is 18.2 Å². The van der Waals surface area contributed by atoms with Crippen LogP contribution >= 0.6 is 0 Å². The lowest BCUT2D eigenvalue weighted by Gasteiger charge is -2.28. The van der Waals surface area contributed by atoms with Crippen LogP contribution in [-0.2, 0) is 22.6 Å². The Kier molecular flexibility index (Phi) is 5.42. The Morgan fingerprint density at radius 1 is 1.07 bits per heavy atom. The molecule has 0 aromatic heterocycles. The van der Waals surface area contributed by atoms with Crippen molar-refractivity contribution in [3.63, 3.8) is 0 Å². The van der Waals surface area contributed by atoms with Crippen LogP contribution in [0.2, 0.25) is 0 Å². The molecule has 8 nitrogen and oxygen atoms in total. The summed E-state index contributed by atoms with van der Waals surface area (Å²) in [7, 11) is 0. The van der Waals surface area contributed by atoms with Crippen molar-refractivity contribution < 1.29 is 28.2 Å². The number of urea groups is 1. The van der Waals surface area contributed by atoms with E-state index in [1.807, 2.05) is 6.07 Å². The average molecular weight is 411 g/mol. The van der Waals surface area contributed by atoms with E-state index in [0.717, 1.165) is 16.0 Å². The monoisotopic (exact) mass is 411 g/mol. The number of nitrogens with zero attached hydrogens (tertiary/aromatic N) is 2. The lowest BCUT2D eigenvalue weighted by Crippen LogP contribution is -2.58. The van der Waals surface area contributed by atoms with E-state index in [2.05, 4.69) is 10.3 Å². The topological polar surface area (TPSA) is 97.3 Å². The lowest BCUT2D eigenvalue weighted by atomic mass is 10.1. The molecule has 0 radical (unpaired) electrons. The average Bonchev–Trinajstić information content (AvgIpc) is 3.19. The lowest BCUT2D eigenvalue weighted by molar-refractivity contribution is -0.139. The van der Waals surface area contributed by atoms with Crippen LogP contribution in [0.15, 0.2) is 47.5 Å². The van der Waals surface area contributed by atoms with Crippen LogP contribution in [0.5, 0.6) is 11.5 Å². The van der Waals surface area contributed by atoms with Gasteiger partial charge in [0.2, 0.25) is 18.6 Å². The third-order valence-corrected chi connectivity index (χ3v) is 4.79. The van der Waals surface area contributed by atoms with Crippen molar-refractivity contribution in [1.82, 2.24) is 10.2 Å². The Morgan fingerprint density at radius 3 is 2.60 bits per heavy atom. The van der Waals surface area contributed by atoms with E-state index in [1.165, 1.54) is 18.3 Å². The van der Waals surface area contributed by atoms with E-state index >= 15 is 0 Å². The van der Waals surface area contributed by atoms with Crippen molar-refractivity contribution in [3.8, 4) is 11.5 Å². The van der Waals surface area contributed by atoms with Crippen LogP contribution < -0.4 is 14.8 Å². The SMILES string of the molecule is O=C1NC(=O)N(CCc2ccc(F)cc2)C(=O)[C@H]1C=NCc1ccc2c(c1)OCO2. The fourth-order valence-corrected chi connectivity index (χ4v) is 3.17. The van der Waals surface area contributed by atoms with Crippen LogP contribution in [-0.4, -0.2) is 42.3 Å². The number of ether oxygens (including phenoxy) is 2. The summed E-state index contributed by atoms with van der Waals surface area (Å²) in [4.78, 5) is 42.0. The molecule has 0 saturated carbocycles. The highest BCUT2D eigenvalue weighted by atomic mass is 19.1. The van der Waals surface area contributed by atoms with E-state index in [-0.39, 0.29) is 25.7 Å². The minimum atomic E-state index is -1.19. The van der Waals surface area contributed by atoms with E-state index in [0.29, 0.717) is 17.9 Å². The first-order valence-corrected chi connectivity index (χ1v) is 9.30. The van der Waals surface area contributed by atoms with E-state index in [9.17, 15) is 18.8 Å². The fourth-order valence-electron chi connectivity index (χ4n) is 3.17. The molecule has 0 spiro atoms. The van der Waals surface area contributed by atoms with Gasteiger partial charge in [-0.3, -0.25) is 24.8 Å². The molecule has 1 N–H and O–H groups in total. The van der Waals surface area contributed by atoms with Crippen LogP contribution in [0, 0.1) is 11.7 Å². The Bertz CT molecular complexity index is 1020. The largest absolute Gasteiger partial charge is 0.454 e. The van der Waals surface area contributed by atoms with E-state index in [1.54, 1.807) is 24.3 Å². The number of aliphatic imine (C=N–C) groups is 1. The number of fused-ring (bicyclic) bond motifs is 1.